The zero-order valence-electron chi connectivity index (χ0n) is 26.9. The first-order valence-electron chi connectivity index (χ1n) is 15.3. The molecule has 0 atom stereocenters. The first-order valence-corrected chi connectivity index (χ1v) is 16.5. The summed E-state index contributed by atoms with van der Waals surface area (Å²) >= 11 is 1.53. The highest BCUT2D eigenvalue weighted by molar-refractivity contribution is 7.98. The van der Waals surface area contributed by atoms with Crippen LogP contribution in [0, 0.1) is 41.5 Å². The molecule has 2 heterocycles. The van der Waals surface area contributed by atoms with Crippen molar-refractivity contribution >= 4 is 33.6 Å². The molecule has 7 aromatic rings. The van der Waals surface area contributed by atoms with Crippen LogP contribution < -0.4 is 0 Å². The molecule has 222 valence electrons. The summed E-state index contributed by atoms with van der Waals surface area (Å²) < 4.78 is 2.45. The van der Waals surface area contributed by atoms with E-state index in [4.69, 9.17) is 4.98 Å². The number of aromatic nitrogens is 4. The summed E-state index contributed by atoms with van der Waals surface area (Å²) in [5.41, 5.74) is 17.0. The molecule has 0 fully saturated rings. The van der Waals surface area contributed by atoms with E-state index in [9.17, 15) is 0 Å². The Morgan fingerprint density at radius 2 is 1.20 bits per heavy atom. The maximum atomic E-state index is 4.80. The number of hydrogen-bond donors (Lipinski definition) is 0. The third-order valence-electron chi connectivity index (χ3n) is 8.95. The van der Waals surface area contributed by atoms with Crippen LogP contribution in [0.5, 0.6) is 0 Å². The molecule has 45 heavy (non-hydrogen) atoms. The molecule has 0 spiro atoms. The summed E-state index contributed by atoms with van der Waals surface area (Å²) in [4.78, 5) is 13.8. The molecule has 0 N–H and O–H groups in total. The molecule has 0 aliphatic rings. The van der Waals surface area contributed by atoms with Crippen molar-refractivity contribution in [1.29, 1.82) is 0 Å². The van der Waals surface area contributed by atoms with Crippen molar-refractivity contribution in [3.05, 3.63) is 125 Å². The fourth-order valence-corrected chi connectivity index (χ4v) is 7.56. The van der Waals surface area contributed by atoms with Gasteiger partial charge < -0.3 is 4.57 Å². The van der Waals surface area contributed by atoms with Crippen molar-refractivity contribution in [2.45, 2.75) is 46.7 Å². The highest BCUT2D eigenvalue weighted by Crippen LogP contribution is 2.41. The lowest BCUT2D eigenvalue weighted by Gasteiger charge is -2.19. The number of hydrogen-bond acceptors (Lipinski definition) is 4. The lowest BCUT2D eigenvalue weighted by molar-refractivity contribution is 0.910. The van der Waals surface area contributed by atoms with Gasteiger partial charge in [0.15, 0.2) is 11.0 Å². The molecular weight excluding hydrogens is 569 g/mol. The summed E-state index contributed by atoms with van der Waals surface area (Å²) in [7, 11) is 0. The predicted octanol–water partition coefficient (Wildman–Crippen LogP) is 10.5. The van der Waals surface area contributed by atoms with Gasteiger partial charge in [-0.25, -0.2) is 15.0 Å². The fourth-order valence-electron chi connectivity index (χ4n) is 7.23. The second kappa shape index (κ2) is 11.3. The molecule has 7 rings (SSSR count). The SMILES string of the molecule is CSc1ncnc(-c2c(C)cc(C)c(-n3c4ccc(-c5ccccc5)cc4c4cc(-c5c(C)cc(C)cc5C)ccc43)c2C)n1. The van der Waals surface area contributed by atoms with Crippen LogP contribution in [0.25, 0.3) is 61.1 Å². The Balaban J connectivity index is 1.55. The van der Waals surface area contributed by atoms with Gasteiger partial charge in [-0.2, -0.15) is 0 Å². The van der Waals surface area contributed by atoms with Crippen LogP contribution >= 0.6 is 11.8 Å². The van der Waals surface area contributed by atoms with Gasteiger partial charge in [0.2, 0.25) is 0 Å². The van der Waals surface area contributed by atoms with E-state index in [1.165, 1.54) is 83.8 Å². The molecule has 0 aliphatic carbocycles. The van der Waals surface area contributed by atoms with Crippen LogP contribution in [0.1, 0.15) is 33.4 Å². The summed E-state index contributed by atoms with van der Waals surface area (Å²) in [6, 6.07) is 31.4. The topological polar surface area (TPSA) is 43.6 Å². The van der Waals surface area contributed by atoms with Crippen LogP contribution in [0.4, 0.5) is 0 Å². The first kappa shape index (κ1) is 29.0. The van der Waals surface area contributed by atoms with E-state index in [0.29, 0.717) is 5.82 Å². The fraction of sp³-hybridized carbons (Fsp3) is 0.175. The maximum absolute atomic E-state index is 4.80. The Morgan fingerprint density at radius 1 is 0.578 bits per heavy atom. The van der Waals surface area contributed by atoms with Crippen LogP contribution in [-0.4, -0.2) is 25.8 Å². The smallest absolute Gasteiger partial charge is 0.190 e. The zero-order chi connectivity index (χ0) is 31.4. The highest BCUT2D eigenvalue weighted by atomic mass is 32.2. The minimum Gasteiger partial charge on any atom is -0.309 e. The van der Waals surface area contributed by atoms with Crippen molar-refractivity contribution in [1.82, 2.24) is 19.5 Å². The summed E-state index contributed by atoms with van der Waals surface area (Å²) in [5.74, 6) is 0.713. The van der Waals surface area contributed by atoms with Crippen LogP contribution in [0.3, 0.4) is 0 Å². The minimum absolute atomic E-state index is 0.713. The van der Waals surface area contributed by atoms with E-state index in [-0.39, 0.29) is 0 Å². The van der Waals surface area contributed by atoms with Gasteiger partial charge in [-0.3, -0.25) is 0 Å². The van der Waals surface area contributed by atoms with Gasteiger partial charge in [0.1, 0.15) is 6.33 Å². The van der Waals surface area contributed by atoms with Crippen molar-refractivity contribution in [2.75, 3.05) is 6.26 Å². The number of thioether (sulfide) groups is 1. The molecular formula is C40H36N4S. The van der Waals surface area contributed by atoms with Gasteiger partial charge in [-0.15, -0.1) is 0 Å². The van der Waals surface area contributed by atoms with Gasteiger partial charge in [0, 0.05) is 16.3 Å². The standard InChI is InChI=1S/C40H36N4S/c1-23-17-24(2)36(25(3)18-23)31-14-16-35-33(21-31)32-20-30(29-11-9-8-10-12-29)13-15-34(32)44(35)38-27(5)19-26(4)37(28(38)6)39-41-22-42-40(43-39)45-7/h8-22H,1-7H3. The third kappa shape index (κ3) is 4.92. The number of rotatable bonds is 5. The minimum atomic E-state index is 0.713. The van der Waals surface area contributed by atoms with E-state index in [0.717, 1.165) is 21.8 Å². The summed E-state index contributed by atoms with van der Waals surface area (Å²) in [5, 5.41) is 3.20. The second-order valence-electron chi connectivity index (χ2n) is 12.1. The van der Waals surface area contributed by atoms with E-state index in [2.05, 4.69) is 141 Å². The molecule has 0 unspecified atom stereocenters. The normalized spacial score (nSPS) is 11.5. The predicted molar refractivity (Wildman–Crippen MR) is 191 cm³/mol. The Hall–Kier alpha value is -4.74. The summed E-state index contributed by atoms with van der Waals surface area (Å²) in [6.45, 7) is 13.2. The van der Waals surface area contributed by atoms with E-state index in [1.807, 2.05) is 6.26 Å². The van der Waals surface area contributed by atoms with E-state index in [1.54, 1.807) is 6.33 Å². The van der Waals surface area contributed by atoms with E-state index < -0.39 is 0 Å². The van der Waals surface area contributed by atoms with Gasteiger partial charge in [0.05, 0.1) is 16.7 Å². The number of nitrogens with zero attached hydrogens (tertiary/aromatic N) is 4. The lowest BCUT2D eigenvalue weighted by atomic mass is 9.93. The molecule has 0 bridgehead atoms. The van der Waals surface area contributed by atoms with Gasteiger partial charge in [-0.05, 0) is 122 Å². The first-order chi connectivity index (χ1) is 21.7. The Morgan fingerprint density at radius 3 is 1.87 bits per heavy atom. The quantitative estimate of drug-likeness (QED) is 0.183. The average Bonchev–Trinajstić information content (AvgIpc) is 3.33. The molecule has 0 saturated heterocycles. The van der Waals surface area contributed by atoms with Crippen molar-refractivity contribution < 1.29 is 0 Å². The monoisotopic (exact) mass is 604 g/mol. The van der Waals surface area contributed by atoms with Crippen molar-refractivity contribution in [3.63, 3.8) is 0 Å². The van der Waals surface area contributed by atoms with Crippen LogP contribution in [0.15, 0.2) is 96.4 Å². The Kier molecular flexibility index (Phi) is 7.29. The molecule has 5 aromatic carbocycles. The number of benzene rings is 5. The van der Waals surface area contributed by atoms with Gasteiger partial charge >= 0.3 is 0 Å². The number of fused-ring (bicyclic) bond motifs is 3. The molecule has 0 amide bonds. The van der Waals surface area contributed by atoms with Gasteiger partial charge in [-0.1, -0.05) is 78.0 Å². The summed E-state index contributed by atoms with van der Waals surface area (Å²) in [6.07, 6.45) is 3.61. The highest BCUT2D eigenvalue weighted by Gasteiger charge is 2.22. The van der Waals surface area contributed by atoms with Gasteiger partial charge in [0.25, 0.3) is 0 Å². The molecule has 5 heteroatoms. The molecule has 2 aromatic heterocycles. The van der Waals surface area contributed by atoms with E-state index >= 15 is 0 Å². The Bertz CT molecular complexity index is 2240. The number of aryl methyl sites for hydroxylation is 5. The largest absolute Gasteiger partial charge is 0.309 e. The molecule has 4 nitrogen and oxygen atoms in total. The van der Waals surface area contributed by atoms with Crippen molar-refractivity contribution in [2.24, 2.45) is 0 Å². The molecule has 0 radical (unpaired) electrons. The second-order valence-corrected chi connectivity index (χ2v) is 12.9. The third-order valence-corrected chi connectivity index (χ3v) is 9.51. The lowest BCUT2D eigenvalue weighted by Crippen LogP contribution is -2.05. The molecule has 0 saturated carbocycles. The zero-order valence-corrected chi connectivity index (χ0v) is 27.7. The van der Waals surface area contributed by atoms with Crippen molar-refractivity contribution in [3.8, 4) is 39.3 Å². The van der Waals surface area contributed by atoms with Crippen LogP contribution in [0.2, 0.25) is 0 Å². The van der Waals surface area contributed by atoms with Crippen LogP contribution in [-0.2, 0) is 0 Å². The Labute approximate surface area is 269 Å². The average molecular weight is 605 g/mol. The maximum Gasteiger partial charge on any atom is 0.190 e. The molecule has 0 aliphatic heterocycles.